The molecule has 0 atom stereocenters. The third-order valence-corrected chi connectivity index (χ3v) is 4.91. The molecule has 0 saturated heterocycles. The van der Waals surface area contributed by atoms with Gasteiger partial charge >= 0.3 is 0 Å². The summed E-state index contributed by atoms with van der Waals surface area (Å²) >= 11 is 3.25. The minimum absolute atomic E-state index is 0.0903. The van der Waals surface area contributed by atoms with Crippen molar-refractivity contribution in [3.8, 4) is 0 Å². The van der Waals surface area contributed by atoms with E-state index in [1.807, 2.05) is 0 Å². The molecule has 0 saturated carbocycles. The minimum atomic E-state index is -3.65. The summed E-state index contributed by atoms with van der Waals surface area (Å²) in [6.07, 6.45) is 0. The first kappa shape index (κ1) is 17.5. The second-order valence-electron chi connectivity index (χ2n) is 5.28. The number of rotatable bonds is 5. The van der Waals surface area contributed by atoms with Gasteiger partial charge in [0.15, 0.2) is 0 Å². The van der Waals surface area contributed by atoms with E-state index in [2.05, 4.69) is 26.0 Å². The van der Waals surface area contributed by atoms with E-state index in [1.54, 1.807) is 50.2 Å². The lowest BCUT2D eigenvalue weighted by Gasteiger charge is -2.10. The normalized spacial score (nSPS) is 11.3. The average molecular weight is 397 g/mol. The molecule has 2 rings (SSSR count). The average Bonchev–Trinajstić information content (AvgIpc) is 2.49. The Kier molecular flexibility index (Phi) is 5.43. The van der Waals surface area contributed by atoms with Crippen LogP contribution < -0.4 is 10.0 Å². The second-order valence-corrected chi connectivity index (χ2v) is 7.88. The summed E-state index contributed by atoms with van der Waals surface area (Å²) in [5.41, 5.74) is 1.04. The zero-order valence-electron chi connectivity index (χ0n) is 12.7. The number of hydrogen-bond acceptors (Lipinski definition) is 3. The zero-order chi connectivity index (χ0) is 17.0. The number of nitrogens with one attached hydrogen (secondary N) is 2. The van der Waals surface area contributed by atoms with Crippen molar-refractivity contribution in [3.63, 3.8) is 0 Å². The van der Waals surface area contributed by atoms with Gasteiger partial charge in [0.25, 0.3) is 10.0 Å². The van der Waals surface area contributed by atoms with E-state index in [4.69, 9.17) is 0 Å². The van der Waals surface area contributed by atoms with Crippen LogP contribution in [-0.2, 0) is 14.8 Å². The number of anilines is 2. The van der Waals surface area contributed by atoms with Gasteiger partial charge in [0.1, 0.15) is 0 Å². The fraction of sp³-hybridized carbons (Fsp3) is 0.188. The molecule has 5 nitrogen and oxygen atoms in total. The van der Waals surface area contributed by atoms with Crippen LogP contribution in [0.5, 0.6) is 0 Å². The lowest BCUT2D eigenvalue weighted by atomic mass is 10.2. The molecule has 23 heavy (non-hydrogen) atoms. The van der Waals surface area contributed by atoms with Crippen LogP contribution >= 0.6 is 15.9 Å². The zero-order valence-corrected chi connectivity index (χ0v) is 15.1. The van der Waals surface area contributed by atoms with Gasteiger partial charge in [0.2, 0.25) is 5.91 Å². The van der Waals surface area contributed by atoms with Gasteiger partial charge in [-0.05, 0) is 42.5 Å². The maximum absolute atomic E-state index is 12.3. The van der Waals surface area contributed by atoms with Crippen LogP contribution in [0, 0.1) is 5.92 Å². The van der Waals surface area contributed by atoms with E-state index in [1.165, 1.54) is 12.1 Å². The Balaban J connectivity index is 2.13. The highest BCUT2D eigenvalue weighted by molar-refractivity contribution is 9.10. The number of sulfonamides is 1. The summed E-state index contributed by atoms with van der Waals surface area (Å²) in [5, 5.41) is 2.75. The number of benzene rings is 2. The van der Waals surface area contributed by atoms with E-state index in [0.717, 1.165) is 0 Å². The van der Waals surface area contributed by atoms with Crippen molar-refractivity contribution in [1.29, 1.82) is 0 Å². The molecule has 0 aliphatic carbocycles. The molecule has 0 fully saturated rings. The van der Waals surface area contributed by atoms with Crippen molar-refractivity contribution in [2.45, 2.75) is 18.7 Å². The number of halogens is 1. The molecular formula is C16H17BrN2O3S. The van der Waals surface area contributed by atoms with Crippen molar-refractivity contribution in [3.05, 3.63) is 53.0 Å². The lowest BCUT2D eigenvalue weighted by Crippen LogP contribution is -2.17. The van der Waals surface area contributed by atoms with Crippen LogP contribution in [0.15, 0.2) is 57.9 Å². The Morgan fingerprint density at radius 3 is 2.22 bits per heavy atom. The molecule has 0 radical (unpaired) electrons. The summed E-state index contributed by atoms with van der Waals surface area (Å²) < 4.78 is 27.8. The monoisotopic (exact) mass is 396 g/mol. The van der Waals surface area contributed by atoms with E-state index in [-0.39, 0.29) is 16.7 Å². The largest absolute Gasteiger partial charge is 0.326 e. The van der Waals surface area contributed by atoms with E-state index in [0.29, 0.717) is 15.8 Å². The molecule has 0 bridgehead atoms. The van der Waals surface area contributed by atoms with Gasteiger partial charge < -0.3 is 5.32 Å². The number of amides is 1. The molecule has 7 heteroatoms. The molecule has 2 aromatic carbocycles. The van der Waals surface area contributed by atoms with Crippen LogP contribution in [0.3, 0.4) is 0 Å². The van der Waals surface area contributed by atoms with Gasteiger partial charge in [0.05, 0.1) is 4.90 Å². The Bertz CT molecular complexity index is 802. The predicted molar refractivity (Wildman–Crippen MR) is 94.9 cm³/mol. The smallest absolute Gasteiger partial charge is 0.261 e. The minimum Gasteiger partial charge on any atom is -0.326 e. The first-order valence-electron chi connectivity index (χ1n) is 6.97. The Morgan fingerprint density at radius 2 is 1.65 bits per heavy atom. The molecule has 0 spiro atoms. The predicted octanol–water partition coefficient (Wildman–Crippen LogP) is 3.84. The maximum Gasteiger partial charge on any atom is 0.261 e. The fourth-order valence-corrected chi connectivity index (χ4v) is 3.41. The van der Waals surface area contributed by atoms with E-state index in [9.17, 15) is 13.2 Å². The number of hydrogen-bond donors (Lipinski definition) is 2. The first-order chi connectivity index (χ1) is 10.8. The molecule has 1 amide bonds. The summed E-state index contributed by atoms with van der Waals surface area (Å²) in [5.74, 6) is -0.211. The molecular weight excluding hydrogens is 380 g/mol. The van der Waals surface area contributed by atoms with E-state index < -0.39 is 10.0 Å². The number of carbonyl (C=O) groups excluding carboxylic acids is 1. The molecule has 2 aromatic rings. The molecule has 0 aliphatic rings. The van der Waals surface area contributed by atoms with Crippen LogP contribution in [0.4, 0.5) is 11.4 Å². The quantitative estimate of drug-likeness (QED) is 0.805. The fourth-order valence-electron chi connectivity index (χ4n) is 1.76. The molecule has 0 heterocycles. The summed E-state index contributed by atoms with van der Waals surface area (Å²) in [6.45, 7) is 3.60. The Hall–Kier alpha value is -1.86. The van der Waals surface area contributed by atoms with E-state index >= 15 is 0 Å². The molecule has 0 aliphatic heterocycles. The maximum atomic E-state index is 12.3. The van der Waals surface area contributed by atoms with Crippen molar-refractivity contribution < 1.29 is 13.2 Å². The van der Waals surface area contributed by atoms with Gasteiger partial charge in [-0.2, -0.15) is 0 Å². The summed E-state index contributed by atoms with van der Waals surface area (Å²) in [7, 11) is -3.65. The highest BCUT2D eigenvalue weighted by atomic mass is 79.9. The van der Waals surface area contributed by atoms with Crippen LogP contribution in [0.1, 0.15) is 13.8 Å². The third kappa shape index (κ3) is 4.80. The third-order valence-electron chi connectivity index (χ3n) is 3.04. The molecule has 0 unspecified atom stereocenters. The Labute approximate surface area is 144 Å². The van der Waals surface area contributed by atoms with Gasteiger partial charge in [-0.1, -0.05) is 35.8 Å². The molecule has 122 valence electrons. The van der Waals surface area contributed by atoms with Crippen LogP contribution in [0.2, 0.25) is 0 Å². The molecule has 0 aromatic heterocycles. The van der Waals surface area contributed by atoms with Gasteiger partial charge in [-0.25, -0.2) is 8.42 Å². The highest BCUT2D eigenvalue weighted by Crippen LogP contribution is 2.21. The SMILES string of the molecule is CC(C)C(=O)Nc1ccc(NS(=O)(=O)c2cccc(Br)c2)cc1. The van der Waals surface area contributed by atoms with Gasteiger partial charge in [0, 0.05) is 21.8 Å². The second kappa shape index (κ2) is 7.14. The lowest BCUT2D eigenvalue weighted by molar-refractivity contribution is -0.118. The summed E-state index contributed by atoms with van der Waals surface area (Å²) in [6, 6.07) is 13.0. The molecule has 2 N–H and O–H groups in total. The van der Waals surface area contributed by atoms with Crippen molar-refractivity contribution in [2.75, 3.05) is 10.0 Å². The van der Waals surface area contributed by atoms with Crippen LogP contribution in [-0.4, -0.2) is 14.3 Å². The first-order valence-corrected chi connectivity index (χ1v) is 9.25. The van der Waals surface area contributed by atoms with Gasteiger partial charge in [-0.15, -0.1) is 0 Å². The van der Waals surface area contributed by atoms with Gasteiger partial charge in [-0.3, -0.25) is 9.52 Å². The highest BCUT2D eigenvalue weighted by Gasteiger charge is 2.14. The topological polar surface area (TPSA) is 75.3 Å². The Morgan fingerprint density at radius 1 is 1.04 bits per heavy atom. The van der Waals surface area contributed by atoms with Crippen molar-refractivity contribution in [1.82, 2.24) is 0 Å². The standard InChI is InChI=1S/C16H17BrN2O3S/c1-11(2)16(20)18-13-6-8-14(9-7-13)19-23(21,22)15-5-3-4-12(17)10-15/h3-11,19H,1-2H3,(H,18,20). The van der Waals surface area contributed by atoms with Crippen molar-refractivity contribution in [2.24, 2.45) is 5.92 Å². The summed E-state index contributed by atoms with van der Waals surface area (Å²) in [4.78, 5) is 11.8. The van der Waals surface area contributed by atoms with Crippen LogP contribution in [0.25, 0.3) is 0 Å². The van der Waals surface area contributed by atoms with Crippen molar-refractivity contribution >= 4 is 43.2 Å². The number of carbonyl (C=O) groups is 1.